The first kappa shape index (κ1) is 15.5. The number of ether oxygens (including phenoxy) is 2. The second kappa shape index (κ2) is 5.50. The Hall–Kier alpha value is -0.845. The lowest BCUT2D eigenvalue weighted by molar-refractivity contribution is -0.156. The second-order valence-corrected chi connectivity index (χ2v) is 6.15. The summed E-state index contributed by atoms with van der Waals surface area (Å²) in [5.41, 5.74) is 0.194. The maximum atomic E-state index is 11.8. The summed E-state index contributed by atoms with van der Waals surface area (Å²) in [4.78, 5) is 11.8. The van der Waals surface area contributed by atoms with E-state index in [4.69, 9.17) is 18.8 Å². The fourth-order valence-corrected chi connectivity index (χ4v) is 2.20. The molecule has 6 heteroatoms. The predicted molar refractivity (Wildman–Crippen MR) is 75.2 cm³/mol. The van der Waals surface area contributed by atoms with Crippen molar-refractivity contribution in [3.05, 3.63) is 11.5 Å². The third kappa shape index (κ3) is 2.92. The van der Waals surface area contributed by atoms with Gasteiger partial charge in [0.05, 0.1) is 24.4 Å². The largest absolute Gasteiger partial charge is 0.490 e. The van der Waals surface area contributed by atoms with Crippen LogP contribution in [-0.2, 0) is 23.6 Å². The van der Waals surface area contributed by atoms with Crippen LogP contribution < -0.4 is 0 Å². The van der Waals surface area contributed by atoms with E-state index in [0.717, 1.165) is 5.47 Å². The molecule has 0 N–H and O–H groups in total. The number of carbonyl (C=O) groups excluding carboxylic acids is 1. The van der Waals surface area contributed by atoms with Gasteiger partial charge in [-0.1, -0.05) is 6.08 Å². The Morgan fingerprint density at radius 3 is 2.50 bits per heavy atom. The summed E-state index contributed by atoms with van der Waals surface area (Å²) in [6, 6.07) is 0. The molecule has 0 radical (unpaired) electrons. The first-order valence-electron chi connectivity index (χ1n) is 7.09. The molecular weight excluding hydrogens is 259 g/mol. The molecule has 5 nitrogen and oxygen atoms in total. The molecule has 0 spiro atoms. The van der Waals surface area contributed by atoms with E-state index in [-0.39, 0.29) is 17.2 Å². The Bertz CT molecular complexity index is 400. The van der Waals surface area contributed by atoms with E-state index in [1.165, 1.54) is 0 Å². The lowest BCUT2D eigenvalue weighted by Gasteiger charge is -2.32. The van der Waals surface area contributed by atoms with Gasteiger partial charge in [0.25, 0.3) is 0 Å². The van der Waals surface area contributed by atoms with Gasteiger partial charge >= 0.3 is 13.1 Å². The molecule has 1 saturated heterocycles. The van der Waals surface area contributed by atoms with Crippen molar-refractivity contribution < 1.29 is 23.6 Å². The summed E-state index contributed by atoms with van der Waals surface area (Å²) in [6.45, 7) is 10.6. The summed E-state index contributed by atoms with van der Waals surface area (Å²) < 4.78 is 22.4. The minimum Gasteiger partial charge on any atom is -0.464 e. The zero-order valence-electron chi connectivity index (χ0n) is 12.9. The molecule has 2 heterocycles. The Morgan fingerprint density at radius 2 is 1.95 bits per heavy atom. The lowest BCUT2D eigenvalue weighted by atomic mass is 9.74. The number of esters is 1. The van der Waals surface area contributed by atoms with Crippen LogP contribution in [0.15, 0.2) is 11.5 Å². The van der Waals surface area contributed by atoms with Gasteiger partial charge in [-0.2, -0.15) is 0 Å². The van der Waals surface area contributed by atoms with E-state index >= 15 is 0 Å². The molecule has 1 unspecified atom stereocenters. The summed E-state index contributed by atoms with van der Waals surface area (Å²) in [5, 5.41) is 0. The van der Waals surface area contributed by atoms with Crippen LogP contribution in [0.2, 0.25) is 0 Å². The number of rotatable bonds is 3. The minimum absolute atomic E-state index is 0.324. The van der Waals surface area contributed by atoms with E-state index in [2.05, 4.69) is 0 Å². The van der Waals surface area contributed by atoms with Gasteiger partial charge in [-0.15, -0.1) is 0 Å². The highest BCUT2D eigenvalue weighted by Crippen LogP contribution is 2.39. The topological polar surface area (TPSA) is 54.0 Å². The molecule has 0 aromatic rings. The van der Waals surface area contributed by atoms with Gasteiger partial charge in [-0.25, -0.2) is 4.79 Å². The van der Waals surface area contributed by atoms with E-state index in [9.17, 15) is 4.79 Å². The van der Waals surface area contributed by atoms with Gasteiger partial charge in [0.1, 0.15) is 0 Å². The number of carbonyl (C=O) groups is 1. The SMILES string of the molecule is CCOC(=O)C1CC(B2OC(C)(C)C(C)(C)O2)=CCO1. The van der Waals surface area contributed by atoms with Gasteiger partial charge in [0.2, 0.25) is 0 Å². The van der Waals surface area contributed by atoms with E-state index in [1.807, 2.05) is 33.8 Å². The Balaban J connectivity index is 2.04. The third-order valence-electron chi connectivity index (χ3n) is 4.17. The highest BCUT2D eigenvalue weighted by molar-refractivity contribution is 6.54. The van der Waals surface area contributed by atoms with Gasteiger partial charge in [-0.3, -0.25) is 0 Å². The normalized spacial score (nSPS) is 28.1. The first-order chi connectivity index (χ1) is 9.27. The van der Waals surface area contributed by atoms with Crippen LogP contribution in [0.4, 0.5) is 0 Å². The summed E-state index contributed by atoms with van der Waals surface area (Å²) in [7, 11) is -0.416. The second-order valence-electron chi connectivity index (χ2n) is 6.15. The van der Waals surface area contributed by atoms with Crippen LogP contribution in [0.3, 0.4) is 0 Å². The summed E-state index contributed by atoms with van der Waals surface area (Å²) in [5.74, 6) is -0.324. The van der Waals surface area contributed by atoms with E-state index in [0.29, 0.717) is 19.6 Å². The van der Waals surface area contributed by atoms with E-state index < -0.39 is 13.2 Å². The molecule has 1 atom stereocenters. The van der Waals surface area contributed by atoms with Crippen LogP contribution in [0.1, 0.15) is 41.0 Å². The standard InChI is InChI=1S/C14H23BO5/c1-6-17-12(16)11-9-10(7-8-18-11)15-19-13(2,3)14(4,5)20-15/h7,11H,6,8-9H2,1-5H3. The molecule has 2 rings (SSSR count). The molecule has 0 amide bonds. The molecule has 2 aliphatic heterocycles. The smallest absolute Gasteiger partial charge is 0.464 e. The molecule has 0 saturated carbocycles. The molecule has 2 aliphatic rings. The Kier molecular flexibility index (Phi) is 4.28. The lowest BCUT2D eigenvalue weighted by Crippen LogP contribution is -2.41. The summed E-state index contributed by atoms with van der Waals surface area (Å²) in [6.07, 6.45) is 1.82. The van der Waals surface area contributed by atoms with Crippen molar-refractivity contribution in [2.24, 2.45) is 0 Å². The van der Waals surface area contributed by atoms with Crippen LogP contribution in [0.25, 0.3) is 0 Å². The maximum absolute atomic E-state index is 11.8. The van der Waals surface area contributed by atoms with Crippen molar-refractivity contribution >= 4 is 13.1 Å². The average Bonchev–Trinajstić information content (AvgIpc) is 2.59. The summed E-state index contributed by atoms with van der Waals surface area (Å²) >= 11 is 0. The Morgan fingerprint density at radius 1 is 1.35 bits per heavy atom. The molecular formula is C14H23BO5. The maximum Gasteiger partial charge on any atom is 0.490 e. The number of hydrogen-bond donors (Lipinski definition) is 0. The highest BCUT2D eigenvalue weighted by atomic mass is 16.7. The fraction of sp³-hybridized carbons (Fsp3) is 0.786. The van der Waals surface area contributed by atoms with Crippen molar-refractivity contribution in [3.63, 3.8) is 0 Å². The first-order valence-corrected chi connectivity index (χ1v) is 7.09. The van der Waals surface area contributed by atoms with Gasteiger partial charge in [0, 0.05) is 6.42 Å². The quantitative estimate of drug-likeness (QED) is 0.584. The highest BCUT2D eigenvalue weighted by Gasteiger charge is 2.52. The van der Waals surface area contributed by atoms with Crippen molar-refractivity contribution in [1.29, 1.82) is 0 Å². The molecule has 20 heavy (non-hydrogen) atoms. The fourth-order valence-electron chi connectivity index (χ4n) is 2.20. The van der Waals surface area contributed by atoms with Crippen LogP contribution >= 0.6 is 0 Å². The monoisotopic (exact) mass is 282 g/mol. The molecule has 0 bridgehead atoms. The average molecular weight is 282 g/mol. The van der Waals surface area contributed by atoms with Crippen molar-refractivity contribution in [2.75, 3.05) is 13.2 Å². The zero-order valence-corrected chi connectivity index (χ0v) is 12.9. The van der Waals surface area contributed by atoms with Crippen LogP contribution in [0.5, 0.6) is 0 Å². The van der Waals surface area contributed by atoms with E-state index in [1.54, 1.807) is 6.92 Å². The van der Waals surface area contributed by atoms with Gasteiger partial charge in [-0.05, 0) is 40.1 Å². The van der Waals surface area contributed by atoms with Crippen LogP contribution in [0, 0.1) is 0 Å². The van der Waals surface area contributed by atoms with Gasteiger partial charge in [0.15, 0.2) is 6.10 Å². The predicted octanol–water partition coefficient (Wildman–Crippen LogP) is 1.90. The zero-order chi connectivity index (χ0) is 15.0. The Labute approximate surface area is 120 Å². The molecule has 1 fully saturated rings. The van der Waals surface area contributed by atoms with Crippen molar-refractivity contribution in [2.45, 2.75) is 58.3 Å². The number of hydrogen-bond acceptors (Lipinski definition) is 5. The molecule has 0 aromatic heterocycles. The molecule has 0 aromatic carbocycles. The minimum atomic E-state index is -0.561. The van der Waals surface area contributed by atoms with Crippen molar-refractivity contribution in [1.82, 2.24) is 0 Å². The molecule has 112 valence electrons. The third-order valence-corrected chi connectivity index (χ3v) is 4.17. The molecule has 0 aliphatic carbocycles. The van der Waals surface area contributed by atoms with Gasteiger partial charge < -0.3 is 18.8 Å². The van der Waals surface area contributed by atoms with Crippen LogP contribution in [-0.4, -0.2) is 43.6 Å². The van der Waals surface area contributed by atoms with Crippen molar-refractivity contribution in [3.8, 4) is 0 Å².